The predicted octanol–water partition coefficient (Wildman–Crippen LogP) is 4.37. The standard InChI is InChI=1S/C21H26N4/c1-16(2)19-23-24-20(21(3,4)18-12-8-9-14-22-18)25(19)15-13-17-10-6-5-7-11-17/h5-12,14,16H,13,15H2,1-4H3. The van der Waals surface area contributed by atoms with Gasteiger partial charge in [-0.25, -0.2) is 0 Å². The first-order chi connectivity index (χ1) is 12.0. The van der Waals surface area contributed by atoms with E-state index in [4.69, 9.17) is 0 Å². The summed E-state index contributed by atoms with van der Waals surface area (Å²) < 4.78 is 2.28. The maximum atomic E-state index is 4.57. The molecule has 0 unspecified atom stereocenters. The van der Waals surface area contributed by atoms with Crippen LogP contribution in [0.4, 0.5) is 0 Å². The lowest BCUT2D eigenvalue weighted by molar-refractivity contribution is 0.504. The third kappa shape index (κ3) is 3.63. The number of hydrogen-bond acceptors (Lipinski definition) is 3. The first kappa shape index (κ1) is 17.3. The quantitative estimate of drug-likeness (QED) is 0.672. The topological polar surface area (TPSA) is 43.6 Å². The Labute approximate surface area is 150 Å². The number of aromatic nitrogens is 4. The highest BCUT2D eigenvalue weighted by molar-refractivity contribution is 5.26. The van der Waals surface area contributed by atoms with E-state index in [1.165, 1.54) is 5.56 Å². The van der Waals surface area contributed by atoms with Crippen LogP contribution in [-0.4, -0.2) is 19.7 Å². The first-order valence-electron chi connectivity index (χ1n) is 8.89. The molecule has 0 saturated heterocycles. The second-order valence-electron chi connectivity index (χ2n) is 7.26. The van der Waals surface area contributed by atoms with E-state index in [1.807, 2.05) is 18.3 Å². The minimum absolute atomic E-state index is 0.294. The second-order valence-corrected chi connectivity index (χ2v) is 7.26. The molecule has 0 aliphatic rings. The predicted molar refractivity (Wildman–Crippen MR) is 101 cm³/mol. The van der Waals surface area contributed by atoms with E-state index in [0.717, 1.165) is 30.3 Å². The van der Waals surface area contributed by atoms with E-state index >= 15 is 0 Å². The Bertz CT molecular complexity index is 804. The molecular formula is C21H26N4. The van der Waals surface area contributed by atoms with Crippen LogP contribution in [0.25, 0.3) is 0 Å². The molecule has 3 rings (SSSR count). The van der Waals surface area contributed by atoms with Crippen molar-refractivity contribution in [3.63, 3.8) is 0 Å². The molecule has 3 aromatic rings. The number of rotatable bonds is 6. The minimum atomic E-state index is -0.294. The summed E-state index contributed by atoms with van der Waals surface area (Å²) in [5.74, 6) is 2.34. The molecule has 130 valence electrons. The fourth-order valence-corrected chi connectivity index (χ4v) is 3.16. The molecule has 0 bridgehead atoms. The number of nitrogens with zero attached hydrogens (tertiary/aromatic N) is 4. The summed E-state index contributed by atoms with van der Waals surface area (Å²) in [6.07, 6.45) is 2.80. The highest BCUT2D eigenvalue weighted by Crippen LogP contribution is 2.30. The van der Waals surface area contributed by atoms with E-state index in [-0.39, 0.29) is 5.41 Å². The Morgan fingerprint density at radius 1 is 0.960 bits per heavy atom. The zero-order chi connectivity index (χ0) is 17.9. The van der Waals surface area contributed by atoms with Gasteiger partial charge in [0.1, 0.15) is 11.6 Å². The monoisotopic (exact) mass is 334 g/mol. The Morgan fingerprint density at radius 3 is 2.32 bits per heavy atom. The smallest absolute Gasteiger partial charge is 0.144 e. The molecule has 0 spiro atoms. The largest absolute Gasteiger partial charge is 0.314 e. The molecule has 4 nitrogen and oxygen atoms in total. The molecule has 0 radical (unpaired) electrons. The highest BCUT2D eigenvalue weighted by atomic mass is 15.3. The van der Waals surface area contributed by atoms with Crippen molar-refractivity contribution in [2.24, 2.45) is 0 Å². The average Bonchev–Trinajstić information content (AvgIpc) is 3.06. The van der Waals surface area contributed by atoms with Crippen LogP contribution < -0.4 is 0 Å². The summed E-state index contributed by atoms with van der Waals surface area (Å²) in [6, 6.07) is 16.6. The van der Waals surface area contributed by atoms with Gasteiger partial charge in [0, 0.05) is 18.7 Å². The molecular weight excluding hydrogens is 308 g/mol. The molecule has 0 amide bonds. The zero-order valence-corrected chi connectivity index (χ0v) is 15.5. The van der Waals surface area contributed by atoms with Gasteiger partial charge in [-0.15, -0.1) is 10.2 Å². The van der Waals surface area contributed by atoms with Crippen molar-refractivity contribution in [3.05, 3.63) is 77.6 Å². The Morgan fingerprint density at radius 2 is 1.68 bits per heavy atom. The molecule has 2 heterocycles. The normalized spacial score (nSPS) is 11.9. The lowest BCUT2D eigenvalue weighted by Crippen LogP contribution is -2.27. The molecule has 4 heteroatoms. The molecule has 25 heavy (non-hydrogen) atoms. The van der Waals surface area contributed by atoms with Crippen molar-refractivity contribution in [1.82, 2.24) is 19.7 Å². The van der Waals surface area contributed by atoms with E-state index in [1.54, 1.807) is 0 Å². The summed E-state index contributed by atoms with van der Waals surface area (Å²) in [5.41, 5.74) is 2.05. The minimum Gasteiger partial charge on any atom is -0.314 e. The summed E-state index contributed by atoms with van der Waals surface area (Å²) in [6.45, 7) is 9.54. The highest BCUT2D eigenvalue weighted by Gasteiger charge is 2.32. The van der Waals surface area contributed by atoms with Crippen LogP contribution in [0, 0.1) is 0 Å². The number of pyridine rings is 1. The van der Waals surface area contributed by atoms with Gasteiger partial charge in [-0.1, -0.05) is 50.2 Å². The van der Waals surface area contributed by atoms with Gasteiger partial charge in [-0.05, 0) is 38.0 Å². The van der Waals surface area contributed by atoms with Crippen molar-refractivity contribution in [3.8, 4) is 0 Å². The third-order valence-electron chi connectivity index (χ3n) is 4.63. The molecule has 0 aliphatic carbocycles. The van der Waals surface area contributed by atoms with Crippen LogP contribution >= 0.6 is 0 Å². The lowest BCUT2D eigenvalue weighted by atomic mass is 9.87. The fourth-order valence-electron chi connectivity index (χ4n) is 3.16. The van der Waals surface area contributed by atoms with Crippen molar-refractivity contribution in [1.29, 1.82) is 0 Å². The van der Waals surface area contributed by atoms with Crippen LogP contribution in [0.1, 0.15) is 56.5 Å². The molecule has 0 atom stereocenters. The van der Waals surface area contributed by atoms with Crippen LogP contribution in [0.15, 0.2) is 54.7 Å². The van der Waals surface area contributed by atoms with Crippen molar-refractivity contribution < 1.29 is 0 Å². The first-order valence-corrected chi connectivity index (χ1v) is 8.89. The maximum absolute atomic E-state index is 4.57. The average molecular weight is 334 g/mol. The van der Waals surface area contributed by atoms with Crippen molar-refractivity contribution >= 4 is 0 Å². The van der Waals surface area contributed by atoms with Gasteiger partial charge in [0.25, 0.3) is 0 Å². The Kier molecular flexibility index (Phi) is 4.98. The zero-order valence-electron chi connectivity index (χ0n) is 15.5. The third-order valence-corrected chi connectivity index (χ3v) is 4.63. The van der Waals surface area contributed by atoms with Gasteiger partial charge < -0.3 is 4.57 Å². The molecule has 0 saturated carbocycles. The SMILES string of the molecule is CC(C)c1nnc(C(C)(C)c2ccccn2)n1CCc1ccccc1. The van der Waals surface area contributed by atoms with Gasteiger partial charge >= 0.3 is 0 Å². The fraction of sp³-hybridized carbons (Fsp3) is 0.381. The number of benzene rings is 1. The van der Waals surface area contributed by atoms with Gasteiger partial charge in [-0.2, -0.15) is 0 Å². The molecule has 0 aliphatic heterocycles. The Balaban J connectivity index is 1.97. The van der Waals surface area contributed by atoms with Gasteiger partial charge in [0.15, 0.2) is 0 Å². The van der Waals surface area contributed by atoms with E-state index < -0.39 is 0 Å². The van der Waals surface area contributed by atoms with Crippen LogP contribution in [0.3, 0.4) is 0 Å². The molecule has 0 fully saturated rings. The number of aryl methyl sites for hydroxylation is 1. The second kappa shape index (κ2) is 7.18. The number of hydrogen-bond donors (Lipinski definition) is 0. The van der Waals surface area contributed by atoms with E-state index in [0.29, 0.717) is 5.92 Å². The molecule has 2 aromatic heterocycles. The van der Waals surface area contributed by atoms with Crippen LogP contribution in [0.2, 0.25) is 0 Å². The van der Waals surface area contributed by atoms with Gasteiger partial charge in [0.2, 0.25) is 0 Å². The van der Waals surface area contributed by atoms with E-state index in [2.05, 4.69) is 83.8 Å². The maximum Gasteiger partial charge on any atom is 0.144 e. The molecule has 1 aromatic carbocycles. The van der Waals surface area contributed by atoms with Crippen molar-refractivity contribution in [2.45, 2.75) is 52.0 Å². The van der Waals surface area contributed by atoms with Gasteiger partial charge in [0.05, 0.1) is 11.1 Å². The summed E-state index contributed by atoms with van der Waals surface area (Å²) >= 11 is 0. The van der Waals surface area contributed by atoms with E-state index in [9.17, 15) is 0 Å². The van der Waals surface area contributed by atoms with Crippen molar-refractivity contribution in [2.75, 3.05) is 0 Å². The van der Waals surface area contributed by atoms with Crippen LogP contribution in [0.5, 0.6) is 0 Å². The lowest BCUT2D eigenvalue weighted by Gasteiger charge is -2.25. The Hall–Kier alpha value is -2.49. The summed E-state index contributed by atoms with van der Waals surface area (Å²) in [7, 11) is 0. The summed E-state index contributed by atoms with van der Waals surface area (Å²) in [5, 5.41) is 9.08. The molecule has 0 N–H and O–H groups in total. The van der Waals surface area contributed by atoms with Crippen LogP contribution in [-0.2, 0) is 18.4 Å². The van der Waals surface area contributed by atoms with Gasteiger partial charge in [-0.3, -0.25) is 4.98 Å². The summed E-state index contributed by atoms with van der Waals surface area (Å²) in [4.78, 5) is 4.56.